The highest BCUT2D eigenvalue weighted by molar-refractivity contribution is 7.15. The summed E-state index contributed by atoms with van der Waals surface area (Å²) in [5.41, 5.74) is 0.374. The Morgan fingerprint density at radius 2 is 1.97 bits per heavy atom. The van der Waals surface area contributed by atoms with Crippen LogP contribution < -0.4 is 5.32 Å². The van der Waals surface area contributed by atoms with Gasteiger partial charge in [-0.15, -0.1) is 11.3 Å². The summed E-state index contributed by atoms with van der Waals surface area (Å²) in [6.07, 6.45) is -3.06. The van der Waals surface area contributed by atoms with E-state index in [1.807, 2.05) is 14.0 Å². The number of fused-ring (bicyclic) bond motifs is 1. The van der Waals surface area contributed by atoms with Gasteiger partial charge >= 0.3 is 6.18 Å². The van der Waals surface area contributed by atoms with Gasteiger partial charge in [0.15, 0.2) is 10.8 Å². The minimum Gasteiger partial charge on any atom is -0.301 e. The molecule has 0 radical (unpaired) electrons. The van der Waals surface area contributed by atoms with E-state index < -0.39 is 23.3 Å². The maximum atomic E-state index is 13.8. The van der Waals surface area contributed by atoms with Gasteiger partial charge in [-0.05, 0) is 26.1 Å². The van der Waals surface area contributed by atoms with E-state index in [9.17, 15) is 18.0 Å². The standard InChI is InChI=1S/C19H18F3N5OS/c1-11-3-5-12(6-4-11)27-16(19(20,21)22)13(9-23-27)17(28)25-18-24-14-7-8-26(2)10-15(14)29-18/h3-6,9H,7-8,10H2,1-2H3,(H,24,25,28). The Morgan fingerprint density at radius 1 is 1.24 bits per heavy atom. The molecule has 1 aliphatic rings. The van der Waals surface area contributed by atoms with Gasteiger partial charge < -0.3 is 4.90 Å². The van der Waals surface area contributed by atoms with Gasteiger partial charge in [0.25, 0.3) is 5.91 Å². The lowest BCUT2D eigenvalue weighted by molar-refractivity contribution is -0.143. The molecule has 1 aromatic carbocycles. The number of carbonyl (C=O) groups excluding carboxylic acids is 1. The fourth-order valence-corrected chi connectivity index (χ4v) is 4.29. The predicted octanol–water partition coefficient (Wildman–Crippen LogP) is 3.90. The molecule has 0 saturated heterocycles. The van der Waals surface area contributed by atoms with Crippen LogP contribution in [-0.2, 0) is 19.1 Å². The molecular formula is C19H18F3N5OS. The number of benzene rings is 1. The van der Waals surface area contributed by atoms with Crippen molar-refractivity contribution >= 4 is 22.4 Å². The average Bonchev–Trinajstić information content (AvgIpc) is 3.25. The number of amides is 1. The van der Waals surface area contributed by atoms with Gasteiger partial charge in [-0.25, -0.2) is 9.67 Å². The van der Waals surface area contributed by atoms with Gasteiger partial charge in [0.05, 0.1) is 23.1 Å². The molecule has 0 unspecified atom stereocenters. The van der Waals surface area contributed by atoms with Crippen molar-refractivity contribution in [2.45, 2.75) is 26.1 Å². The first kappa shape index (κ1) is 19.6. The molecule has 4 rings (SSSR count). The molecule has 1 aliphatic heterocycles. The molecule has 3 heterocycles. The van der Waals surface area contributed by atoms with Crippen molar-refractivity contribution in [2.75, 3.05) is 18.9 Å². The summed E-state index contributed by atoms with van der Waals surface area (Å²) in [6.45, 7) is 3.40. The Hall–Kier alpha value is -2.72. The van der Waals surface area contributed by atoms with E-state index in [1.165, 1.54) is 23.5 Å². The van der Waals surface area contributed by atoms with Crippen LogP contribution in [0.2, 0.25) is 0 Å². The maximum absolute atomic E-state index is 13.8. The van der Waals surface area contributed by atoms with Crippen molar-refractivity contribution in [3.8, 4) is 5.69 Å². The summed E-state index contributed by atoms with van der Waals surface area (Å²) in [6, 6.07) is 6.44. The molecule has 0 spiro atoms. The second-order valence-electron chi connectivity index (χ2n) is 6.98. The number of hydrogen-bond donors (Lipinski definition) is 1. The van der Waals surface area contributed by atoms with Crippen LogP contribution in [0.15, 0.2) is 30.5 Å². The van der Waals surface area contributed by atoms with Crippen molar-refractivity contribution in [1.29, 1.82) is 0 Å². The third-order valence-corrected chi connectivity index (χ3v) is 5.70. The normalized spacial score (nSPS) is 14.7. The van der Waals surface area contributed by atoms with Crippen LogP contribution in [0, 0.1) is 6.92 Å². The molecule has 0 aliphatic carbocycles. The fraction of sp³-hybridized carbons (Fsp3) is 0.316. The van der Waals surface area contributed by atoms with Crippen molar-refractivity contribution < 1.29 is 18.0 Å². The zero-order chi connectivity index (χ0) is 20.8. The molecule has 152 valence electrons. The molecule has 10 heteroatoms. The Labute approximate surface area is 169 Å². The first-order valence-electron chi connectivity index (χ1n) is 8.93. The van der Waals surface area contributed by atoms with Gasteiger partial charge in [0.1, 0.15) is 0 Å². The Bertz CT molecular complexity index is 1050. The second-order valence-corrected chi connectivity index (χ2v) is 8.07. The number of rotatable bonds is 3. The smallest absolute Gasteiger partial charge is 0.301 e. The summed E-state index contributed by atoms with van der Waals surface area (Å²) >= 11 is 1.29. The Morgan fingerprint density at radius 3 is 2.66 bits per heavy atom. The Kier molecular flexibility index (Phi) is 4.91. The van der Waals surface area contributed by atoms with Crippen LogP contribution in [0.25, 0.3) is 5.69 Å². The number of aryl methyl sites for hydroxylation is 1. The molecule has 6 nitrogen and oxygen atoms in total. The van der Waals surface area contributed by atoms with E-state index in [-0.39, 0.29) is 5.69 Å². The number of halogens is 3. The molecule has 1 amide bonds. The molecule has 0 atom stereocenters. The van der Waals surface area contributed by atoms with Gasteiger partial charge in [-0.3, -0.25) is 10.1 Å². The molecule has 29 heavy (non-hydrogen) atoms. The largest absolute Gasteiger partial charge is 0.434 e. The minimum atomic E-state index is -4.75. The van der Waals surface area contributed by atoms with Crippen LogP contribution in [-0.4, -0.2) is 39.2 Å². The highest BCUT2D eigenvalue weighted by Gasteiger charge is 2.40. The quantitative estimate of drug-likeness (QED) is 0.697. The molecule has 0 fully saturated rings. The number of anilines is 1. The van der Waals surface area contributed by atoms with E-state index >= 15 is 0 Å². The van der Waals surface area contributed by atoms with Crippen LogP contribution in [0.3, 0.4) is 0 Å². The van der Waals surface area contributed by atoms with Crippen molar-refractivity contribution in [3.63, 3.8) is 0 Å². The fourth-order valence-electron chi connectivity index (χ4n) is 3.21. The topological polar surface area (TPSA) is 63.1 Å². The van der Waals surface area contributed by atoms with E-state index in [1.54, 1.807) is 12.1 Å². The third-order valence-electron chi connectivity index (χ3n) is 4.70. The summed E-state index contributed by atoms with van der Waals surface area (Å²) in [4.78, 5) is 20.2. The average molecular weight is 421 g/mol. The number of likely N-dealkylation sites (N-methyl/N-ethyl adjacent to an activating group) is 1. The van der Waals surface area contributed by atoms with E-state index in [4.69, 9.17) is 0 Å². The van der Waals surface area contributed by atoms with Gasteiger partial charge in [-0.1, -0.05) is 17.7 Å². The summed E-state index contributed by atoms with van der Waals surface area (Å²) < 4.78 is 42.1. The number of aromatic nitrogens is 3. The van der Waals surface area contributed by atoms with E-state index in [0.29, 0.717) is 11.7 Å². The molecule has 2 aromatic heterocycles. The molecule has 1 N–H and O–H groups in total. The summed E-state index contributed by atoms with van der Waals surface area (Å²) in [5, 5.41) is 6.64. The lowest BCUT2D eigenvalue weighted by atomic mass is 10.2. The number of hydrogen-bond acceptors (Lipinski definition) is 5. The van der Waals surface area contributed by atoms with Crippen molar-refractivity contribution in [3.05, 3.63) is 57.9 Å². The van der Waals surface area contributed by atoms with Crippen molar-refractivity contribution in [2.24, 2.45) is 0 Å². The second kappa shape index (κ2) is 7.27. The van der Waals surface area contributed by atoms with Crippen LogP contribution in [0.1, 0.15) is 32.2 Å². The monoisotopic (exact) mass is 421 g/mol. The lowest BCUT2D eigenvalue weighted by Crippen LogP contribution is -2.25. The van der Waals surface area contributed by atoms with Crippen LogP contribution in [0.5, 0.6) is 0 Å². The Balaban J connectivity index is 1.66. The highest BCUT2D eigenvalue weighted by atomic mass is 32.1. The number of carbonyl (C=O) groups is 1. The van der Waals surface area contributed by atoms with E-state index in [0.717, 1.165) is 40.0 Å². The number of alkyl halides is 3. The number of nitrogens with zero attached hydrogens (tertiary/aromatic N) is 4. The van der Waals surface area contributed by atoms with Crippen molar-refractivity contribution in [1.82, 2.24) is 19.7 Å². The first-order chi connectivity index (χ1) is 13.7. The SMILES string of the molecule is Cc1ccc(-n2ncc(C(=O)Nc3nc4c(s3)CN(C)CC4)c2C(F)(F)F)cc1. The number of thiazole rings is 1. The first-order valence-corrected chi connectivity index (χ1v) is 9.75. The summed E-state index contributed by atoms with van der Waals surface area (Å²) in [5.74, 6) is -0.880. The molecule has 3 aromatic rings. The molecule has 0 bridgehead atoms. The molecule has 0 saturated carbocycles. The zero-order valence-corrected chi connectivity index (χ0v) is 16.6. The van der Waals surface area contributed by atoms with Gasteiger partial charge in [0, 0.05) is 24.4 Å². The van der Waals surface area contributed by atoms with E-state index in [2.05, 4.69) is 20.3 Å². The van der Waals surface area contributed by atoms with Crippen LogP contribution in [0.4, 0.5) is 18.3 Å². The summed E-state index contributed by atoms with van der Waals surface area (Å²) in [7, 11) is 1.98. The van der Waals surface area contributed by atoms with Crippen LogP contribution >= 0.6 is 11.3 Å². The number of nitrogens with one attached hydrogen (secondary N) is 1. The molecular weight excluding hydrogens is 403 g/mol. The lowest BCUT2D eigenvalue weighted by Gasteiger charge is -2.20. The predicted molar refractivity (Wildman–Crippen MR) is 103 cm³/mol. The minimum absolute atomic E-state index is 0.231. The van der Waals surface area contributed by atoms with Gasteiger partial charge in [0.2, 0.25) is 0 Å². The third kappa shape index (κ3) is 3.90. The highest BCUT2D eigenvalue weighted by Crippen LogP contribution is 2.34. The maximum Gasteiger partial charge on any atom is 0.434 e. The van der Waals surface area contributed by atoms with Gasteiger partial charge in [-0.2, -0.15) is 18.3 Å². The zero-order valence-electron chi connectivity index (χ0n) is 15.7.